The van der Waals surface area contributed by atoms with E-state index in [-0.39, 0.29) is 0 Å². The third-order valence-electron chi connectivity index (χ3n) is 3.16. The molecule has 0 spiro atoms. The van der Waals surface area contributed by atoms with Crippen LogP contribution in [0.2, 0.25) is 0 Å². The molecule has 0 aliphatic carbocycles. The van der Waals surface area contributed by atoms with E-state index >= 15 is 0 Å². The van der Waals surface area contributed by atoms with Gasteiger partial charge in [0.1, 0.15) is 5.65 Å². The molecule has 0 bridgehead atoms. The highest BCUT2D eigenvalue weighted by Crippen LogP contribution is 2.28. The van der Waals surface area contributed by atoms with Crippen molar-refractivity contribution in [1.82, 2.24) is 15.0 Å². The standard InChI is InChI=1S/C16H16N4O/c1-2-3-21-10-11-4-14-15(9-20-16(14)19-6-11)12-5-13(17)8-18-7-12/h2,4-9H,1,3,10,17H2,(H,19,20). The maximum absolute atomic E-state index is 5.80. The molecular weight excluding hydrogens is 264 g/mol. The van der Waals surface area contributed by atoms with Gasteiger partial charge in [-0.2, -0.15) is 0 Å². The Morgan fingerprint density at radius 1 is 1.29 bits per heavy atom. The Morgan fingerprint density at radius 3 is 3.00 bits per heavy atom. The van der Waals surface area contributed by atoms with E-state index in [9.17, 15) is 0 Å². The Labute approximate surface area is 122 Å². The summed E-state index contributed by atoms with van der Waals surface area (Å²) in [7, 11) is 0. The number of aromatic nitrogens is 3. The lowest BCUT2D eigenvalue weighted by Gasteiger charge is -2.03. The lowest BCUT2D eigenvalue weighted by molar-refractivity contribution is 0.149. The average molecular weight is 280 g/mol. The van der Waals surface area contributed by atoms with Crippen molar-refractivity contribution in [3.8, 4) is 11.1 Å². The lowest BCUT2D eigenvalue weighted by atomic mass is 10.1. The van der Waals surface area contributed by atoms with Gasteiger partial charge in [0.25, 0.3) is 0 Å². The number of rotatable bonds is 5. The van der Waals surface area contributed by atoms with E-state index in [1.807, 2.05) is 18.5 Å². The first-order valence-electron chi connectivity index (χ1n) is 6.63. The molecular formula is C16H16N4O. The van der Waals surface area contributed by atoms with Crippen LogP contribution < -0.4 is 5.73 Å². The summed E-state index contributed by atoms with van der Waals surface area (Å²) in [5.41, 5.74) is 10.3. The molecule has 106 valence electrons. The van der Waals surface area contributed by atoms with Crippen LogP contribution in [0.5, 0.6) is 0 Å². The summed E-state index contributed by atoms with van der Waals surface area (Å²) in [5, 5.41) is 1.03. The van der Waals surface area contributed by atoms with Gasteiger partial charge < -0.3 is 15.5 Å². The van der Waals surface area contributed by atoms with Crippen molar-refractivity contribution in [2.45, 2.75) is 6.61 Å². The molecule has 0 amide bonds. The third kappa shape index (κ3) is 2.78. The molecule has 0 saturated heterocycles. The molecule has 0 atom stereocenters. The van der Waals surface area contributed by atoms with Gasteiger partial charge >= 0.3 is 0 Å². The van der Waals surface area contributed by atoms with E-state index in [1.54, 1.807) is 18.5 Å². The van der Waals surface area contributed by atoms with Gasteiger partial charge in [0, 0.05) is 41.3 Å². The van der Waals surface area contributed by atoms with Gasteiger partial charge in [-0.3, -0.25) is 4.98 Å². The summed E-state index contributed by atoms with van der Waals surface area (Å²) in [5.74, 6) is 0. The number of nitrogens with one attached hydrogen (secondary N) is 1. The quantitative estimate of drug-likeness (QED) is 0.556. The van der Waals surface area contributed by atoms with Crippen LogP contribution in [0.25, 0.3) is 22.2 Å². The number of aromatic amines is 1. The minimum absolute atomic E-state index is 0.509. The van der Waals surface area contributed by atoms with Crippen molar-refractivity contribution in [2.24, 2.45) is 0 Å². The van der Waals surface area contributed by atoms with Crippen LogP contribution in [-0.4, -0.2) is 21.6 Å². The number of nitrogen functional groups attached to an aromatic ring is 1. The van der Waals surface area contributed by atoms with Crippen molar-refractivity contribution >= 4 is 16.7 Å². The fourth-order valence-electron chi connectivity index (χ4n) is 2.23. The predicted octanol–water partition coefficient (Wildman–Crippen LogP) is 2.91. The molecule has 3 aromatic rings. The summed E-state index contributed by atoms with van der Waals surface area (Å²) in [6.45, 7) is 4.66. The Morgan fingerprint density at radius 2 is 2.19 bits per heavy atom. The SMILES string of the molecule is C=CCOCc1cnc2[nH]cc(-c3cncc(N)c3)c2c1. The Kier molecular flexibility index (Phi) is 3.66. The molecule has 3 rings (SSSR count). The van der Waals surface area contributed by atoms with Crippen molar-refractivity contribution in [1.29, 1.82) is 0 Å². The average Bonchev–Trinajstić information content (AvgIpc) is 2.91. The van der Waals surface area contributed by atoms with Crippen LogP contribution in [0.3, 0.4) is 0 Å². The molecule has 5 nitrogen and oxygen atoms in total. The zero-order valence-corrected chi connectivity index (χ0v) is 11.5. The maximum atomic E-state index is 5.80. The molecule has 0 aliphatic heterocycles. The molecule has 0 aliphatic rings. The highest BCUT2D eigenvalue weighted by atomic mass is 16.5. The first-order chi connectivity index (χ1) is 10.3. The summed E-state index contributed by atoms with van der Waals surface area (Å²) >= 11 is 0. The van der Waals surface area contributed by atoms with E-state index in [0.29, 0.717) is 18.9 Å². The number of nitrogens with two attached hydrogens (primary N) is 1. The first kappa shape index (κ1) is 13.3. The van der Waals surface area contributed by atoms with Gasteiger partial charge in [0.2, 0.25) is 0 Å². The number of ether oxygens (including phenoxy) is 1. The summed E-state index contributed by atoms with van der Waals surface area (Å²) in [6, 6.07) is 3.97. The van der Waals surface area contributed by atoms with Gasteiger partial charge in [0.15, 0.2) is 0 Å². The fourth-order valence-corrected chi connectivity index (χ4v) is 2.23. The molecule has 0 radical (unpaired) electrons. The maximum Gasteiger partial charge on any atom is 0.137 e. The van der Waals surface area contributed by atoms with Crippen molar-refractivity contribution in [3.63, 3.8) is 0 Å². The molecule has 21 heavy (non-hydrogen) atoms. The van der Waals surface area contributed by atoms with Gasteiger partial charge in [-0.25, -0.2) is 4.98 Å². The molecule has 0 unspecified atom stereocenters. The third-order valence-corrected chi connectivity index (χ3v) is 3.16. The van der Waals surface area contributed by atoms with Crippen LogP contribution in [-0.2, 0) is 11.3 Å². The second-order valence-electron chi connectivity index (χ2n) is 4.75. The highest BCUT2D eigenvalue weighted by Gasteiger charge is 2.09. The normalized spacial score (nSPS) is 10.9. The molecule has 3 aromatic heterocycles. The van der Waals surface area contributed by atoms with Gasteiger partial charge in [-0.1, -0.05) is 6.08 Å². The Balaban J connectivity index is 1.99. The topological polar surface area (TPSA) is 76.8 Å². The monoisotopic (exact) mass is 280 g/mol. The Hall–Kier alpha value is -2.66. The van der Waals surface area contributed by atoms with Crippen molar-refractivity contribution in [2.75, 3.05) is 12.3 Å². The molecule has 3 heterocycles. The van der Waals surface area contributed by atoms with Gasteiger partial charge in [-0.05, 0) is 17.7 Å². The minimum Gasteiger partial charge on any atom is -0.397 e. The van der Waals surface area contributed by atoms with Gasteiger partial charge in [0.05, 0.1) is 18.9 Å². The highest BCUT2D eigenvalue weighted by molar-refractivity contribution is 5.94. The number of pyridine rings is 2. The van der Waals surface area contributed by atoms with Crippen LogP contribution in [0, 0.1) is 0 Å². The number of hydrogen-bond acceptors (Lipinski definition) is 4. The number of nitrogens with zero attached hydrogens (tertiary/aromatic N) is 2. The fraction of sp³-hybridized carbons (Fsp3) is 0.125. The molecule has 5 heteroatoms. The molecule has 0 saturated carbocycles. The summed E-state index contributed by atoms with van der Waals surface area (Å²) < 4.78 is 5.46. The Bertz CT molecular complexity index is 779. The van der Waals surface area contributed by atoms with E-state index < -0.39 is 0 Å². The van der Waals surface area contributed by atoms with Crippen LogP contribution >= 0.6 is 0 Å². The number of hydrogen-bond donors (Lipinski definition) is 2. The van der Waals surface area contributed by atoms with E-state index in [4.69, 9.17) is 10.5 Å². The molecule has 3 N–H and O–H groups in total. The largest absolute Gasteiger partial charge is 0.397 e. The van der Waals surface area contributed by atoms with Crippen LogP contribution in [0.15, 0.2) is 49.6 Å². The van der Waals surface area contributed by atoms with E-state index in [2.05, 4.69) is 27.6 Å². The van der Waals surface area contributed by atoms with Crippen molar-refractivity contribution < 1.29 is 4.74 Å². The summed E-state index contributed by atoms with van der Waals surface area (Å²) in [6.07, 6.45) is 8.88. The smallest absolute Gasteiger partial charge is 0.137 e. The van der Waals surface area contributed by atoms with Crippen LogP contribution in [0.1, 0.15) is 5.56 Å². The summed E-state index contributed by atoms with van der Waals surface area (Å²) in [4.78, 5) is 11.7. The zero-order valence-electron chi connectivity index (χ0n) is 11.5. The molecule has 0 aromatic carbocycles. The zero-order chi connectivity index (χ0) is 14.7. The predicted molar refractivity (Wildman–Crippen MR) is 83.6 cm³/mol. The second kappa shape index (κ2) is 5.76. The number of H-pyrrole nitrogens is 1. The number of anilines is 1. The second-order valence-corrected chi connectivity index (χ2v) is 4.75. The van der Waals surface area contributed by atoms with Crippen LogP contribution in [0.4, 0.5) is 5.69 Å². The van der Waals surface area contributed by atoms with Crippen molar-refractivity contribution in [3.05, 3.63) is 55.1 Å². The number of fused-ring (bicyclic) bond motifs is 1. The minimum atomic E-state index is 0.509. The molecule has 0 fully saturated rings. The van der Waals surface area contributed by atoms with Gasteiger partial charge in [-0.15, -0.1) is 6.58 Å². The first-order valence-corrected chi connectivity index (χ1v) is 6.63. The van der Waals surface area contributed by atoms with E-state index in [1.165, 1.54) is 0 Å². The van der Waals surface area contributed by atoms with E-state index in [0.717, 1.165) is 27.7 Å². The lowest BCUT2D eigenvalue weighted by Crippen LogP contribution is -1.93.